The van der Waals surface area contributed by atoms with Gasteiger partial charge in [0.25, 0.3) is 0 Å². The monoisotopic (exact) mass is 237 g/mol. The highest BCUT2D eigenvalue weighted by molar-refractivity contribution is 7.15. The summed E-state index contributed by atoms with van der Waals surface area (Å²) in [6.45, 7) is 0. The fourth-order valence-corrected chi connectivity index (χ4v) is 3.61. The summed E-state index contributed by atoms with van der Waals surface area (Å²) in [5.74, 6) is 0. The molecule has 1 unspecified atom stereocenters. The minimum absolute atomic E-state index is 0.193. The largest absolute Gasteiger partial charge is 0.323 e. The molecule has 15 heavy (non-hydrogen) atoms. The van der Waals surface area contributed by atoms with Crippen LogP contribution in [-0.4, -0.2) is 9.97 Å². The molecule has 1 atom stereocenters. The van der Waals surface area contributed by atoms with Gasteiger partial charge in [-0.15, -0.1) is 22.7 Å². The minimum atomic E-state index is 0.193. The van der Waals surface area contributed by atoms with Crippen molar-refractivity contribution in [2.24, 2.45) is 5.73 Å². The van der Waals surface area contributed by atoms with Crippen LogP contribution < -0.4 is 5.73 Å². The van der Waals surface area contributed by atoms with Crippen molar-refractivity contribution >= 4 is 22.7 Å². The van der Waals surface area contributed by atoms with E-state index < -0.39 is 0 Å². The summed E-state index contributed by atoms with van der Waals surface area (Å²) in [4.78, 5) is 10.2. The van der Waals surface area contributed by atoms with E-state index in [1.807, 2.05) is 10.9 Å². The maximum absolute atomic E-state index is 6.07. The van der Waals surface area contributed by atoms with Crippen LogP contribution in [0, 0.1) is 0 Å². The van der Waals surface area contributed by atoms with Gasteiger partial charge in [-0.3, -0.25) is 0 Å². The Kier molecular flexibility index (Phi) is 2.31. The minimum Gasteiger partial charge on any atom is -0.323 e. The number of aryl methyl sites for hydroxylation is 1. The summed E-state index contributed by atoms with van der Waals surface area (Å²) in [7, 11) is 0. The van der Waals surface area contributed by atoms with Crippen LogP contribution in [0.25, 0.3) is 10.7 Å². The zero-order chi connectivity index (χ0) is 10.3. The van der Waals surface area contributed by atoms with Crippen LogP contribution in [0.2, 0.25) is 0 Å². The highest BCUT2D eigenvalue weighted by Gasteiger charge is 2.22. The van der Waals surface area contributed by atoms with Crippen molar-refractivity contribution in [2.75, 3.05) is 0 Å². The van der Waals surface area contributed by atoms with Gasteiger partial charge in [0.05, 0.1) is 11.2 Å². The first-order chi connectivity index (χ1) is 7.34. The molecule has 78 valence electrons. The number of hydrogen-bond donors (Lipinski definition) is 1. The van der Waals surface area contributed by atoms with E-state index in [1.54, 1.807) is 22.7 Å². The van der Waals surface area contributed by atoms with E-state index in [9.17, 15) is 0 Å². The van der Waals surface area contributed by atoms with Crippen LogP contribution in [0.15, 0.2) is 10.9 Å². The lowest BCUT2D eigenvalue weighted by atomic mass is 9.99. The van der Waals surface area contributed by atoms with Crippen molar-refractivity contribution in [1.29, 1.82) is 0 Å². The first-order valence-electron chi connectivity index (χ1n) is 4.98. The standard InChI is InChI=1S/C10H11N3S2/c11-6-2-1-3-7-9(6)15-10(13-7)8-4-14-5-12-8/h4-6H,1-3,11H2. The van der Waals surface area contributed by atoms with Gasteiger partial charge in [-0.2, -0.15) is 0 Å². The number of nitrogens with two attached hydrogens (primary N) is 1. The summed E-state index contributed by atoms with van der Waals surface area (Å²) >= 11 is 3.31. The number of hydrogen-bond acceptors (Lipinski definition) is 5. The second kappa shape index (κ2) is 3.66. The Labute approximate surface area is 96.0 Å². The third-order valence-electron chi connectivity index (χ3n) is 2.64. The quantitative estimate of drug-likeness (QED) is 0.829. The number of thiazole rings is 2. The molecule has 1 aliphatic carbocycles. The third-order valence-corrected chi connectivity index (χ3v) is 4.48. The highest BCUT2D eigenvalue weighted by Crippen LogP contribution is 2.36. The molecule has 3 nitrogen and oxygen atoms in total. The average molecular weight is 237 g/mol. The normalized spacial score (nSPS) is 20.2. The first-order valence-corrected chi connectivity index (χ1v) is 6.74. The average Bonchev–Trinajstić information content (AvgIpc) is 2.86. The molecule has 2 heterocycles. The SMILES string of the molecule is NC1CCCc2nc(-c3cscn3)sc21. The molecule has 2 aromatic heterocycles. The summed E-state index contributed by atoms with van der Waals surface area (Å²) in [5, 5.41) is 3.06. The van der Waals surface area contributed by atoms with E-state index in [0.717, 1.165) is 30.0 Å². The van der Waals surface area contributed by atoms with Crippen molar-refractivity contribution in [2.45, 2.75) is 25.3 Å². The molecule has 3 rings (SSSR count). The van der Waals surface area contributed by atoms with E-state index >= 15 is 0 Å². The molecule has 0 saturated heterocycles. The van der Waals surface area contributed by atoms with Gasteiger partial charge in [-0.05, 0) is 19.3 Å². The number of rotatable bonds is 1. The van der Waals surface area contributed by atoms with Gasteiger partial charge in [0.2, 0.25) is 0 Å². The van der Waals surface area contributed by atoms with E-state index in [1.165, 1.54) is 10.6 Å². The van der Waals surface area contributed by atoms with Crippen LogP contribution >= 0.6 is 22.7 Å². The van der Waals surface area contributed by atoms with Crippen LogP contribution in [0.1, 0.15) is 29.5 Å². The Hall–Kier alpha value is -0.780. The molecule has 0 spiro atoms. The van der Waals surface area contributed by atoms with Crippen molar-refractivity contribution in [1.82, 2.24) is 9.97 Å². The van der Waals surface area contributed by atoms with Gasteiger partial charge in [0.15, 0.2) is 0 Å². The van der Waals surface area contributed by atoms with Crippen LogP contribution in [0.5, 0.6) is 0 Å². The lowest BCUT2D eigenvalue weighted by Crippen LogP contribution is -2.15. The topological polar surface area (TPSA) is 51.8 Å². The van der Waals surface area contributed by atoms with Gasteiger partial charge in [0.1, 0.15) is 10.7 Å². The van der Waals surface area contributed by atoms with Crippen molar-refractivity contribution in [3.8, 4) is 10.7 Å². The summed E-state index contributed by atoms with van der Waals surface area (Å²) in [6.07, 6.45) is 3.32. The van der Waals surface area contributed by atoms with Crippen molar-refractivity contribution in [3.05, 3.63) is 21.5 Å². The predicted molar refractivity (Wildman–Crippen MR) is 63.1 cm³/mol. The van der Waals surface area contributed by atoms with Gasteiger partial charge in [-0.25, -0.2) is 9.97 Å². The maximum atomic E-state index is 6.07. The Balaban J connectivity index is 2.06. The molecule has 2 N–H and O–H groups in total. The second-order valence-corrected chi connectivity index (χ2v) is 5.45. The summed E-state index contributed by atoms with van der Waals surface area (Å²) in [5.41, 5.74) is 10.1. The molecular weight excluding hydrogens is 226 g/mol. The first kappa shape index (κ1) is 9.45. The zero-order valence-electron chi connectivity index (χ0n) is 8.14. The lowest BCUT2D eigenvalue weighted by molar-refractivity contribution is 0.573. The van der Waals surface area contributed by atoms with Crippen molar-refractivity contribution in [3.63, 3.8) is 0 Å². The number of fused-ring (bicyclic) bond motifs is 1. The summed E-state index contributed by atoms with van der Waals surface area (Å²) < 4.78 is 0. The molecule has 0 fully saturated rings. The van der Waals surface area contributed by atoms with Gasteiger partial charge < -0.3 is 5.73 Å². The molecule has 0 aliphatic heterocycles. The van der Waals surface area contributed by atoms with Crippen molar-refractivity contribution < 1.29 is 0 Å². The molecule has 0 saturated carbocycles. The molecule has 1 aliphatic rings. The van der Waals surface area contributed by atoms with E-state index in [4.69, 9.17) is 5.73 Å². The Bertz CT molecular complexity index is 461. The van der Waals surface area contributed by atoms with Crippen LogP contribution in [0.3, 0.4) is 0 Å². The number of nitrogens with zero attached hydrogens (tertiary/aromatic N) is 2. The fourth-order valence-electron chi connectivity index (χ4n) is 1.88. The van der Waals surface area contributed by atoms with E-state index in [0.29, 0.717) is 0 Å². The third kappa shape index (κ3) is 1.60. The molecule has 2 aromatic rings. The Morgan fingerprint density at radius 1 is 1.47 bits per heavy atom. The smallest absolute Gasteiger partial charge is 0.143 e. The zero-order valence-corrected chi connectivity index (χ0v) is 9.77. The van der Waals surface area contributed by atoms with E-state index in [-0.39, 0.29) is 6.04 Å². The number of aromatic nitrogens is 2. The lowest BCUT2D eigenvalue weighted by Gasteiger charge is -2.15. The molecular formula is C10H11N3S2. The van der Waals surface area contributed by atoms with Gasteiger partial charge >= 0.3 is 0 Å². The van der Waals surface area contributed by atoms with Gasteiger partial charge in [-0.1, -0.05) is 0 Å². The van der Waals surface area contributed by atoms with Crippen LogP contribution in [0.4, 0.5) is 0 Å². The fraction of sp³-hybridized carbons (Fsp3) is 0.400. The molecule has 0 bridgehead atoms. The summed E-state index contributed by atoms with van der Waals surface area (Å²) in [6, 6.07) is 0.193. The highest BCUT2D eigenvalue weighted by atomic mass is 32.1. The molecule has 0 radical (unpaired) electrons. The Morgan fingerprint density at radius 2 is 2.40 bits per heavy atom. The van der Waals surface area contributed by atoms with Crippen LogP contribution in [-0.2, 0) is 6.42 Å². The van der Waals surface area contributed by atoms with E-state index in [2.05, 4.69) is 9.97 Å². The predicted octanol–water partition coefficient (Wildman–Crippen LogP) is 2.60. The second-order valence-electron chi connectivity index (χ2n) is 3.70. The molecule has 5 heteroatoms. The molecule has 0 aromatic carbocycles. The maximum Gasteiger partial charge on any atom is 0.143 e. The molecule has 0 amide bonds. The Morgan fingerprint density at radius 3 is 3.13 bits per heavy atom. The van der Waals surface area contributed by atoms with Gasteiger partial charge in [0, 0.05) is 16.3 Å².